The maximum Gasteiger partial charge on any atom is 0.294 e. The van der Waals surface area contributed by atoms with E-state index in [1.807, 2.05) is 18.2 Å². The first-order chi connectivity index (χ1) is 30.4. The number of halogens is 2. The summed E-state index contributed by atoms with van der Waals surface area (Å²) in [6, 6.07) is 7.09. The van der Waals surface area contributed by atoms with Crippen molar-refractivity contribution < 1.29 is 23.5 Å². The van der Waals surface area contributed by atoms with Gasteiger partial charge in [0, 0.05) is 71.1 Å². The van der Waals surface area contributed by atoms with Crippen LogP contribution < -0.4 is 36.0 Å². The fourth-order valence-corrected chi connectivity index (χ4v) is 10.00. The lowest BCUT2D eigenvalue weighted by molar-refractivity contribution is -0.134. The first-order valence-electron chi connectivity index (χ1n) is 21.7. The molecule has 0 aliphatic carbocycles. The number of fused-ring (bicyclic) bond motifs is 2. The quantitative estimate of drug-likeness (QED) is 0.168. The van der Waals surface area contributed by atoms with Gasteiger partial charge in [-0.15, -0.1) is 0 Å². The molecule has 4 fully saturated rings. The molecule has 4 saturated heterocycles. The van der Waals surface area contributed by atoms with Gasteiger partial charge in [0.05, 0.1) is 35.4 Å². The van der Waals surface area contributed by atoms with Crippen LogP contribution in [0.1, 0.15) is 63.0 Å². The van der Waals surface area contributed by atoms with Crippen molar-refractivity contribution in [1.82, 2.24) is 44.8 Å². The summed E-state index contributed by atoms with van der Waals surface area (Å²) in [6.45, 7) is 6.18. The van der Waals surface area contributed by atoms with Gasteiger partial charge in [0.25, 0.3) is 11.5 Å². The minimum Gasteiger partial charge on any atom is -0.478 e. The first kappa shape index (κ1) is 42.4. The Hall–Kier alpha value is -5.88. The minimum atomic E-state index is -0.573. The first-order valence-corrected chi connectivity index (χ1v) is 22.1. The van der Waals surface area contributed by atoms with Crippen LogP contribution in [0.25, 0.3) is 21.9 Å². The zero-order valence-electron chi connectivity index (χ0n) is 35.8. The molecule has 19 heteroatoms. The lowest BCUT2D eigenvalue weighted by atomic mass is 9.71. The van der Waals surface area contributed by atoms with Crippen molar-refractivity contribution in [2.45, 2.75) is 57.3 Å². The van der Waals surface area contributed by atoms with Crippen LogP contribution in [0.15, 0.2) is 41.5 Å². The number of piperidine rings is 4. The molecule has 9 rings (SSSR count). The van der Waals surface area contributed by atoms with E-state index in [4.69, 9.17) is 21.3 Å². The van der Waals surface area contributed by atoms with Gasteiger partial charge in [-0.3, -0.25) is 33.7 Å². The number of aromatic nitrogens is 6. The van der Waals surface area contributed by atoms with Crippen molar-refractivity contribution in [2.75, 3.05) is 74.6 Å². The van der Waals surface area contributed by atoms with Gasteiger partial charge in [0.2, 0.25) is 17.8 Å². The van der Waals surface area contributed by atoms with E-state index in [1.165, 1.54) is 16.3 Å². The average molecular weight is 883 g/mol. The maximum absolute atomic E-state index is 16.1. The van der Waals surface area contributed by atoms with Crippen molar-refractivity contribution in [1.29, 1.82) is 0 Å². The van der Waals surface area contributed by atoms with Gasteiger partial charge in [-0.05, 0) is 93.6 Å². The molecule has 0 radical (unpaired) electrons. The van der Waals surface area contributed by atoms with Crippen LogP contribution in [0.2, 0.25) is 5.02 Å². The third-order valence-corrected chi connectivity index (χ3v) is 13.9. The summed E-state index contributed by atoms with van der Waals surface area (Å²) in [7, 11) is 4.81. The van der Waals surface area contributed by atoms with E-state index in [0.29, 0.717) is 73.5 Å². The predicted octanol–water partition coefficient (Wildman–Crippen LogP) is 4.39. The summed E-state index contributed by atoms with van der Waals surface area (Å²) in [5.74, 6) is -0.244. The standard InChI is InChI=1S/C44H52ClFN12O5/c1-47-35(60)25-63-33-21-27-20-28(22-48-40(27)54(2)42(33)62)50-39-31(45)23-49-43(52-39)58-18-12-44(13-19-58)10-16-56(17-11-44)24-26-8-14-57(15-9-26)32-6-4-29-37(53-55(3)38(29)36(32)46)30-5-7-34(59)51-41(30)61/h4,6,20-23,26,30H,5,7-19,24-25H2,1-3H3,(H,47,60)(H,49,50,52)(H,51,59,61). The van der Waals surface area contributed by atoms with Gasteiger partial charge in [-0.25, -0.2) is 14.4 Å². The molecule has 1 atom stereocenters. The number of anilines is 4. The summed E-state index contributed by atoms with van der Waals surface area (Å²) < 4.78 is 24.5. The maximum atomic E-state index is 16.1. The number of carbonyl (C=O) groups excluding carboxylic acids is 3. The number of rotatable bonds is 10. The molecule has 5 aromatic rings. The number of ether oxygens (including phenoxy) is 1. The van der Waals surface area contributed by atoms with Gasteiger partial charge >= 0.3 is 0 Å². The van der Waals surface area contributed by atoms with Crippen molar-refractivity contribution in [3.63, 3.8) is 0 Å². The summed E-state index contributed by atoms with van der Waals surface area (Å²) in [4.78, 5) is 69.7. The number of hydrogen-bond acceptors (Lipinski definition) is 13. The van der Waals surface area contributed by atoms with E-state index in [9.17, 15) is 19.2 Å². The number of nitrogens with zero attached hydrogens (tertiary/aromatic N) is 9. The fourth-order valence-electron chi connectivity index (χ4n) is 9.86. The highest BCUT2D eigenvalue weighted by molar-refractivity contribution is 6.33. The van der Waals surface area contributed by atoms with Crippen LogP contribution in [-0.2, 0) is 28.5 Å². The van der Waals surface area contributed by atoms with Gasteiger partial charge in [-0.2, -0.15) is 10.1 Å². The van der Waals surface area contributed by atoms with E-state index in [-0.39, 0.29) is 42.3 Å². The number of carbonyl (C=O) groups is 3. The highest BCUT2D eigenvalue weighted by Crippen LogP contribution is 2.43. The molecular weight excluding hydrogens is 831 g/mol. The zero-order chi connectivity index (χ0) is 44.0. The third-order valence-electron chi connectivity index (χ3n) is 13.7. The van der Waals surface area contributed by atoms with Crippen LogP contribution in [0.4, 0.5) is 27.5 Å². The Kier molecular flexibility index (Phi) is 11.7. The Morgan fingerprint density at radius 3 is 2.44 bits per heavy atom. The van der Waals surface area contributed by atoms with Crippen LogP contribution in [0.3, 0.4) is 0 Å². The minimum absolute atomic E-state index is 0.0436. The van der Waals surface area contributed by atoms with Gasteiger partial charge in [0.1, 0.15) is 16.2 Å². The Labute approximate surface area is 368 Å². The number of hydrogen-bond donors (Lipinski definition) is 3. The van der Waals surface area contributed by atoms with Crippen LogP contribution in [-0.4, -0.2) is 111 Å². The molecule has 1 unspecified atom stereocenters. The van der Waals surface area contributed by atoms with Gasteiger partial charge in [0.15, 0.2) is 24.0 Å². The molecule has 4 aromatic heterocycles. The van der Waals surface area contributed by atoms with E-state index in [2.05, 4.69) is 45.7 Å². The predicted molar refractivity (Wildman–Crippen MR) is 237 cm³/mol. The van der Waals surface area contributed by atoms with E-state index in [0.717, 1.165) is 84.3 Å². The molecule has 4 aliphatic heterocycles. The fraction of sp³-hybridized carbons (Fsp3) is 0.500. The lowest BCUT2D eigenvalue weighted by Gasteiger charge is -2.47. The normalized spacial score (nSPS) is 19.8. The SMILES string of the molecule is CNC(=O)COc1cc2cc(Nc3nc(N4CCC5(CCN(CC6CCN(c7ccc8c(C9CCC(=O)NC9=O)nn(C)c8c7F)CC6)CC5)CC4)ncc3Cl)cnc2n(C)c1=O. The number of benzene rings is 1. The van der Waals surface area contributed by atoms with Crippen molar-refractivity contribution >= 4 is 74.4 Å². The van der Waals surface area contributed by atoms with Crippen LogP contribution in [0, 0.1) is 17.2 Å². The number of aryl methyl sites for hydroxylation is 2. The zero-order valence-corrected chi connectivity index (χ0v) is 36.5. The summed E-state index contributed by atoms with van der Waals surface area (Å²) in [5.41, 5.74) is 2.45. The molecule has 1 aromatic carbocycles. The van der Waals surface area contributed by atoms with Crippen molar-refractivity contribution in [3.8, 4) is 5.75 Å². The summed E-state index contributed by atoms with van der Waals surface area (Å²) >= 11 is 6.58. The average Bonchev–Trinajstić information content (AvgIpc) is 3.62. The Balaban J connectivity index is 0.765. The molecular formula is C44H52ClFN12O5. The Morgan fingerprint density at radius 1 is 0.968 bits per heavy atom. The lowest BCUT2D eigenvalue weighted by Crippen LogP contribution is -2.48. The Bertz CT molecular complexity index is 2650. The van der Waals surface area contributed by atoms with Gasteiger partial charge in [-0.1, -0.05) is 11.6 Å². The molecule has 3 N–H and O–H groups in total. The van der Waals surface area contributed by atoms with Gasteiger partial charge < -0.3 is 30.1 Å². The van der Waals surface area contributed by atoms with E-state index in [1.54, 1.807) is 32.6 Å². The number of amides is 3. The molecule has 4 aliphatic rings. The second kappa shape index (κ2) is 17.4. The highest BCUT2D eigenvalue weighted by Gasteiger charge is 2.39. The molecule has 17 nitrogen and oxygen atoms in total. The smallest absolute Gasteiger partial charge is 0.294 e. The number of likely N-dealkylation sites (tertiary alicyclic amines) is 1. The molecule has 8 heterocycles. The monoisotopic (exact) mass is 882 g/mol. The number of pyridine rings is 2. The number of imide groups is 1. The number of nitrogens with one attached hydrogen (secondary N) is 3. The molecule has 332 valence electrons. The van der Waals surface area contributed by atoms with Crippen LogP contribution >= 0.6 is 11.6 Å². The summed E-state index contributed by atoms with van der Waals surface area (Å²) in [5, 5.41) is 14.3. The second-order valence-corrected chi connectivity index (χ2v) is 17.9. The van der Waals surface area contributed by atoms with Crippen LogP contribution in [0.5, 0.6) is 5.75 Å². The molecule has 63 heavy (non-hydrogen) atoms. The largest absolute Gasteiger partial charge is 0.478 e. The second-order valence-electron chi connectivity index (χ2n) is 17.5. The Morgan fingerprint density at radius 2 is 1.71 bits per heavy atom. The molecule has 1 spiro atoms. The summed E-state index contributed by atoms with van der Waals surface area (Å²) in [6.07, 6.45) is 10.3. The molecule has 0 saturated carbocycles. The van der Waals surface area contributed by atoms with E-state index < -0.39 is 11.5 Å². The molecule has 0 bridgehead atoms. The third kappa shape index (κ3) is 8.49. The van der Waals surface area contributed by atoms with Crippen molar-refractivity contribution in [3.05, 3.63) is 63.5 Å². The van der Waals surface area contributed by atoms with Crippen molar-refractivity contribution in [2.24, 2.45) is 25.4 Å². The molecule has 3 amide bonds. The topological polar surface area (TPSA) is 185 Å². The highest BCUT2D eigenvalue weighted by atomic mass is 35.5. The number of likely N-dealkylation sites (N-methyl/N-ethyl adjacent to an activating group) is 1. The van der Waals surface area contributed by atoms with E-state index >= 15 is 4.39 Å².